The van der Waals surface area contributed by atoms with E-state index in [1.54, 1.807) is 11.8 Å². The summed E-state index contributed by atoms with van der Waals surface area (Å²) in [6.45, 7) is 2.25. The molecule has 0 saturated heterocycles. The van der Waals surface area contributed by atoms with Crippen molar-refractivity contribution >= 4 is 49.3 Å². The van der Waals surface area contributed by atoms with Crippen LogP contribution in [0.1, 0.15) is 32.6 Å². The second kappa shape index (κ2) is 16.6. The molecule has 1 N–H and O–H groups in total. The summed E-state index contributed by atoms with van der Waals surface area (Å²) in [7, 11) is 0. The van der Waals surface area contributed by atoms with Gasteiger partial charge in [0.2, 0.25) is 0 Å². The number of thioether (sulfide) groups is 1. The van der Waals surface area contributed by atoms with Crippen LogP contribution in [0.4, 0.5) is 0 Å². The summed E-state index contributed by atoms with van der Waals surface area (Å²) in [6, 6.07) is 0. The third kappa shape index (κ3) is 18.9. The van der Waals surface area contributed by atoms with Crippen LogP contribution in [0.25, 0.3) is 0 Å². The fraction of sp³-hybridized carbons (Fsp3) is 0.900. The number of hydrogen-bond donors (Lipinski definition) is 1. The van der Waals surface area contributed by atoms with E-state index in [9.17, 15) is 0 Å². The molecule has 0 heterocycles. The molecular weight excluding hydrogens is 319 g/mol. The van der Waals surface area contributed by atoms with E-state index in [1.165, 1.54) is 25.7 Å². The van der Waals surface area contributed by atoms with Gasteiger partial charge in [-0.2, -0.15) is 0 Å². The number of aliphatic hydroxyl groups is 1. The third-order valence-electron chi connectivity index (χ3n) is 1.39. The molecule has 2 radical (unpaired) electrons. The third-order valence-corrected chi connectivity index (χ3v) is 2.82. The molecule has 4 heteroatoms. The number of hydrogen-bond acceptors (Lipinski definition) is 3. The molecule has 14 heavy (non-hydrogen) atoms. The molecule has 0 fully saturated rings. The Labute approximate surface area is 109 Å². The Kier molecular flexibility index (Phi) is 20.9. The molecule has 0 unspecified atom stereocenters. The van der Waals surface area contributed by atoms with Gasteiger partial charge in [0, 0.05) is 0 Å². The van der Waals surface area contributed by atoms with Crippen molar-refractivity contribution in [3.63, 3.8) is 0 Å². The van der Waals surface area contributed by atoms with Gasteiger partial charge in [-0.15, -0.1) is 11.8 Å². The molecular formula is C10H22OS2Sn. The van der Waals surface area contributed by atoms with Crippen molar-refractivity contribution in [2.24, 2.45) is 0 Å². The van der Waals surface area contributed by atoms with E-state index in [2.05, 4.69) is 16.8 Å². The van der Waals surface area contributed by atoms with Gasteiger partial charge in [0.15, 0.2) is 0 Å². The van der Waals surface area contributed by atoms with Gasteiger partial charge >= 0.3 is 31.0 Å². The molecule has 0 aromatic rings. The molecule has 0 aliphatic heterocycles. The SMILES string of the molecule is CCCCCCSC(=S)CO.[CH3][Sn][CH3]. The molecule has 0 amide bonds. The molecule has 0 aliphatic rings. The van der Waals surface area contributed by atoms with Crippen LogP contribution in [0.2, 0.25) is 9.88 Å². The maximum absolute atomic E-state index is 8.58. The molecule has 0 rings (SSSR count). The summed E-state index contributed by atoms with van der Waals surface area (Å²) in [5, 5.41) is 8.58. The predicted octanol–water partition coefficient (Wildman–Crippen LogP) is 3.41. The van der Waals surface area contributed by atoms with Crippen LogP contribution < -0.4 is 0 Å². The fourth-order valence-electron chi connectivity index (χ4n) is 0.760. The first-order chi connectivity index (χ1) is 6.72. The Morgan fingerprint density at radius 2 is 1.86 bits per heavy atom. The molecule has 0 saturated carbocycles. The second-order valence-electron chi connectivity index (χ2n) is 2.94. The summed E-state index contributed by atoms with van der Waals surface area (Å²) >= 11 is 6.68. The Morgan fingerprint density at radius 3 is 2.29 bits per heavy atom. The van der Waals surface area contributed by atoms with Crippen molar-refractivity contribution in [3.8, 4) is 0 Å². The van der Waals surface area contributed by atoms with E-state index >= 15 is 0 Å². The molecule has 1 nitrogen and oxygen atoms in total. The van der Waals surface area contributed by atoms with Crippen LogP contribution in [0.15, 0.2) is 0 Å². The predicted molar refractivity (Wildman–Crippen MR) is 73.8 cm³/mol. The van der Waals surface area contributed by atoms with Gasteiger partial charge in [-0.05, 0) is 12.2 Å². The Morgan fingerprint density at radius 1 is 1.29 bits per heavy atom. The zero-order valence-electron chi connectivity index (χ0n) is 9.51. The van der Waals surface area contributed by atoms with Crippen molar-refractivity contribution in [3.05, 3.63) is 0 Å². The summed E-state index contributed by atoms with van der Waals surface area (Å²) in [6.07, 6.45) is 5.09. The first kappa shape index (κ1) is 17.6. The maximum atomic E-state index is 8.58. The van der Waals surface area contributed by atoms with Crippen LogP contribution in [0.5, 0.6) is 0 Å². The van der Waals surface area contributed by atoms with Crippen molar-refractivity contribution in [2.75, 3.05) is 12.4 Å². The normalized spacial score (nSPS) is 9.14. The molecule has 0 aromatic carbocycles. The summed E-state index contributed by atoms with van der Waals surface area (Å²) < 4.78 is 0.724. The quantitative estimate of drug-likeness (QED) is 0.454. The molecule has 0 aromatic heterocycles. The van der Waals surface area contributed by atoms with E-state index in [1.807, 2.05) is 0 Å². The molecule has 0 atom stereocenters. The molecule has 0 spiro atoms. The van der Waals surface area contributed by atoms with E-state index in [0.29, 0.717) is 0 Å². The van der Waals surface area contributed by atoms with E-state index in [4.69, 9.17) is 17.3 Å². The topological polar surface area (TPSA) is 20.2 Å². The number of thiocarbonyl (C=S) groups is 1. The average molecular weight is 341 g/mol. The van der Waals surface area contributed by atoms with Crippen LogP contribution >= 0.6 is 24.0 Å². The van der Waals surface area contributed by atoms with Gasteiger partial charge in [0.1, 0.15) is 0 Å². The van der Waals surface area contributed by atoms with E-state index in [0.717, 1.165) is 9.95 Å². The van der Waals surface area contributed by atoms with Crippen molar-refractivity contribution in [1.82, 2.24) is 0 Å². The van der Waals surface area contributed by atoms with Crippen LogP contribution in [-0.2, 0) is 0 Å². The molecule has 0 aliphatic carbocycles. The van der Waals surface area contributed by atoms with Gasteiger partial charge in [-0.3, -0.25) is 0 Å². The number of unbranched alkanes of at least 4 members (excludes halogenated alkanes) is 3. The Bertz CT molecular complexity index is 121. The Balaban J connectivity index is 0. The van der Waals surface area contributed by atoms with Crippen molar-refractivity contribution in [2.45, 2.75) is 42.5 Å². The van der Waals surface area contributed by atoms with Crippen molar-refractivity contribution < 1.29 is 5.11 Å². The second-order valence-corrected chi connectivity index (χ2v) is 7.73. The van der Waals surface area contributed by atoms with Gasteiger partial charge in [0.05, 0.1) is 10.8 Å². The van der Waals surface area contributed by atoms with Gasteiger partial charge in [-0.1, -0.05) is 38.4 Å². The number of aliphatic hydroxyl groups excluding tert-OH is 1. The van der Waals surface area contributed by atoms with Gasteiger partial charge in [-0.25, -0.2) is 0 Å². The fourth-order valence-corrected chi connectivity index (χ4v) is 1.68. The van der Waals surface area contributed by atoms with Crippen molar-refractivity contribution in [1.29, 1.82) is 0 Å². The van der Waals surface area contributed by atoms with Crippen LogP contribution in [0, 0.1) is 0 Å². The first-order valence-electron chi connectivity index (χ1n) is 5.07. The minimum absolute atomic E-state index is 0.0494. The number of rotatable bonds is 6. The summed E-state index contributed by atoms with van der Waals surface area (Å²) in [5.41, 5.74) is 0. The monoisotopic (exact) mass is 342 g/mol. The van der Waals surface area contributed by atoms with E-state index in [-0.39, 0.29) is 27.7 Å². The van der Waals surface area contributed by atoms with Gasteiger partial charge < -0.3 is 5.11 Å². The Hall–Kier alpha value is 1.20. The van der Waals surface area contributed by atoms with E-state index < -0.39 is 0 Å². The standard InChI is InChI=1S/C8H16OS2.2CH3.Sn/c1-2-3-4-5-6-11-8(10)7-9;;;/h9H,2-7H2,1H3;2*1H3;. The summed E-state index contributed by atoms with van der Waals surface area (Å²) in [5.74, 6) is 1.07. The van der Waals surface area contributed by atoms with Gasteiger partial charge in [0.25, 0.3) is 0 Å². The minimum atomic E-state index is 0.0494. The first-order valence-corrected chi connectivity index (χ1v) is 12.2. The zero-order chi connectivity index (χ0) is 11.2. The van der Waals surface area contributed by atoms with Crippen LogP contribution in [0.3, 0.4) is 0 Å². The summed E-state index contributed by atoms with van der Waals surface area (Å²) in [4.78, 5) is 4.59. The molecule has 84 valence electrons. The zero-order valence-corrected chi connectivity index (χ0v) is 14.0. The van der Waals surface area contributed by atoms with Crippen LogP contribution in [-0.4, -0.2) is 42.8 Å². The average Bonchev–Trinajstić information content (AvgIpc) is 2.18. The molecule has 0 bridgehead atoms.